The van der Waals surface area contributed by atoms with Crippen molar-refractivity contribution in [3.8, 4) is 12.3 Å². The maximum absolute atomic E-state index is 15.9. The van der Waals surface area contributed by atoms with E-state index >= 15 is 4.39 Å². The average Bonchev–Trinajstić information content (AvgIpc) is 3.45. The minimum Gasteiger partial charge on any atom is -0.432 e. The summed E-state index contributed by atoms with van der Waals surface area (Å²) in [6, 6.07) is 1.44. The zero-order valence-electron chi connectivity index (χ0n) is 23.5. The summed E-state index contributed by atoms with van der Waals surface area (Å²) in [4.78, 5) is 31.5. The van der Waals surface area contributed by atoms with Gasteiger partial charge in [-0.15, -0.1) is 6.42 Å². The number of nitrogens with zero attached hydrogens (tertiary/aromatic N) is 3. The summed E-state index contributed by atoms with van der Waals surface area (Å²) in [5.74, 6) is 1.87. The number of fused-ring (bicyclic) bond motifs is 1. The fourth-order valence-electron chi connectivity index (χ4n) is 3.71. The lowest BCUT2D eigenvalue weighted by molar-refractivity contribution is -0.132. The number of phosphoric acid groups is 1. The molecule has 0 spiro atoms. The Bertz CT molecular complexity index is 1360. The molecule has 1 aliphatic rings. The van der Waals surface area contributed by atoms with E-state index in [1.54, 1.807) is 0 Å². The molecule has 0 bridgehead atoms. The van der Waals surface area contributed by atoms with Crippen LogP contribution in [0, 0.1) is 12.3 Å². The van der Waals surface area contributed by atoms with Gasteiger partial charge in [0.2, 0.25) is 19.2 Å². The molecular weight excluding hydrogens is 605 g/mol. The second-order valence-corrected chi connectivity index (χ2v) is 11.2. The van der Waals surface area contributed by atoms with Gasteiger partial charge in [0.15, 0.2) is 23.6 Å². The number of ether oxygens (including phenoxy) is 5. The van der Waals surface area contributed by atoms with E-state index in [0.717, 1.165) is 10.9 Å². The Morgan fingerprint density at radius 2 is 1.74 bits per heavy atom. The van der Waals surface area contributed by atoms with Crippen molar-refractivity contribution < 1.29 is 65.3 Å². The van der Waals surface area contributed by atoms with Crippen LogP contribution in [0.3, 0.4) is 0 Å². The van der Waals surface area contributed by atoms with E-state index in [4.69, 9.17) is 39.9 Å². The van der Waals surface area contributed by atoms with Crippen LogP contribution in [0.2, 0.25) is 0 Å². The average molecular weight is 636 g/mol. The van der Waals surface area contributed by atoms with E-state index in [-0.39, 0.29) is 16.9 Å². The van der Waals surface area contributed by atoms with E-state index in [2.05, 4.69) is 19.4 Å². The van der Waals surface area contributed by atoms with Crippen molar-refractivity contribution in [3.63, 3.8) is 0 Å². The number of anilines is 1. The summed E-state index contributed by atoms with van der Waals surface area (Å²) in [6.07, 6.45) is -0.243. The molecule has 238 valence electrons. The van der Waals surface area contributed by atoms with Gasteiger partial charge >= 0.3 is 20.1 Å². The highest BCUT2D eigenvalue weighted by Gasteiger charge is 2.66. The van der Waals surface area contributed by atoms with Crippen LogP contribution in [0.15, 0.2) is 18.6 Å². The molecule has 19 heteroatoms. The lowest BCUT2D eigenvalue weighted by Gasteiger charge is -2.29. The molecule has 1 fully saturated rings. The number of terminal acetylenes is 1. The number of rotatable bonds is 13. The number of halogens is 2. The Labute approximate surface area is 244 Å². The molecule has 1 saturated heterocycles. The van der Waals surface area contributed by atoms with E-state index in [1.807, 2.05) is 5.92 Å². The number of carbonyl (C=O) groups excluding carboxylic acids is 2. The third-order valence-electron chi connectivity index (χ3n) is 5.68. The van der Waals surface area contributed by atoms with Gasteiger partial charge in [-0.2, -0.15) is 0 Å². The second-order valence-electron chi connectivity index (χ2n) is 9.56. The van der Waals surface area contributed by atoms with E-state index in [1.165, 1.54) is 40.0 Å². The molecule has 0 radical (unpaired) electrons. The Morgan fingerprint density at radius 3 is 2.26 bits per heavy atom. The maximum Gasteiger partial charge on any atom is 0.510 e. The second kappa shape index (κ2) is 13.8. The molecule has 3 rings (SSSR count). The van der Waals surface area contributed by atoms with E-state index < -0.39 is 82.8 Å². The van der Waals surface area contributed by atoms with Crippen molar-refractivity contribution in [2.75, 3.05) is 32.6 Å². The molecule has 0 saturated carbocycles. The van der Waals surface area contributed by atoms with Gasteiger partial charge < -0.3 is 34.5 Å². The predicted octanol–water partition coefficient (Wildman–Crippen LogP) is 3.15. The highest BCUT2D eigenvalue weighted by Crippen LogP contribution is 2.53. The number of nitrogen functional groups attached to an aromatic ring is 1. The zero-order chi connectivity index (χ0) is 32.0. The van der Waals surface area contributed by atoms with Crippen LogP contribution in [0.1, 0.15) is 33.9 Å². The number of imidazole rings is 1. The first kappa shape index (κ1) is 33.9. The topological polar surface area (TPSA) is 202 Å². The normalized spacial score (nSPS) is 23.8. The van der Waals surface area contributed by atoms with Crippen molar-refractivity contribution in [2.24, 2.45) is 0 Å². The number of aromatic nitrogens is 3. The first-order chi connectivity index (χ1) is 20.2. The summed E-state index contributed by atoms with van der Waals surface area (Å²) < 4.78 is 84.1. The first-order valence-electron chi connectivity index (χ1n) is 12.6. The lowest BCUT2D eigenvalue weighted by Crippen LogP contribution is -2.51. The summed E-state index contributed by atoms with van der Waals surface area (Å²) in [7, 11) is -4.97. The predicted molar refractivity (Wildman–Crippen MR) is 140 cm³/mol. The highest BCUT2D eigenvalue weighted by molar-refractivity contribution is 7.48. The van der Waals surface area contributed by atoms with Crippen LogP contribution in [-0.4, -0.2) is 88.4 Å². The van der Waals surface area contributed by atoms with Gasteiger partial charge in [0.25, 0.3) is 0 Å². The molecule has 1 aliphatic heterocycles. The van der Waals surface area contributed by atoms with E-state index in [0.29, 0.717) is 0 Å². The van der Waals surface area contributed by atoms with Gasteiger partial charge in [-0.1, -0.05) is 5.92 Å². The minimum atomic E-state index is -4.97. The molecule has 0 aliphatic carbocycles. The van der Waals surface area contributed by atoms with Gasteiger partial charge in [-0.3, -0.25) is 9.09 Å². The van der Waals surface area contributed by atoms with Gasteiger partial charge in [0.05, 0.1) is 30.8 Å². The summed E-state index contributed by atoms with van der Waals surface area (Å²) >= 11 is 0. The summed E-state index contributed by atoms with van der Waals surface area (Å²) in [6.45, 7) is 1.00. The summed E-state index contributed by atoms with van der Waals surface area (Å²) in [5.41, 5.74) is 0.726. The highest BCUT2D eigenvalue weighted by atomic mass is 31.2. The Hall–Kier alpha value is -3.59. The van der Waals surface area contributed by atoms with Gasteiger partial charge in [-0.05, 0) is 33.8 Å². The van der Waals surface area contributed by atoms with Crippen LogP contribution < -0.4 is 5.73 Å². The molecule has 43 heavy (non-hydrogen) atoms. The minimum absolute atomic E-state index is 0.0228. The summed E-state index contributed by atoms with van der Waals surface area (Å²) in [5, 5.41) is 11.1. The number of carbonyl (C=O) groups is 2. The molecule has 16 nitrogen and oxygen atoms in total. The lowest BCUT2D eigenvalue weighted by atomic mass is 9.89. The van der Waals surface area contributed by atoms with Crippen molar-refractivity contribution >= 4 is 37.0 Å². The van der Waals surface area contributed by atoms with Crippen LogP contribution in [-0.2, 0) is 41.8 Å². The third-order valence-corrected chi connectivity index (χ3v) is 6.97. The molecule has 4 atom stereocenters. The Morgan fingerprint density at radius 1 is 1.16 bits per heavy atom. The van der Waals surface area contributed by atoms with Crippen LogP contribution in [0.4, 0.5) is 24.1 Å². The number of nitrogens with two attached hydrogens (primary N) is 1. The van der Waals surface area contributed by atoms with Crippen LogP contribution in [0.5, 0.6) is 0 Å². The molecule has 2 aromatic rings. The zero-order valence-corrected chi connectivity index (χ0v) is 24.4. The molecule has 2 aromatic heterocycles. The Kier molecular flexibility index (Phi) is 10.9. The first-order valence-corrected chi connectivity index (χ1v) is 14.0. The number of pyridine rings is 1. The largest absolute Gasteiger partial charge is 0.510 e. The number of aliphatic hydroxyl groups is 1. The number of phosphoric ester groups is 1. The van der Waals surface area contributed by atoms with Crippen molar-refractivity contribution in [1.29, 1.82) is 0 Å². The van der Waals surface area contributed by atoms with E-state index in [9.17, 15) is 23.7 Å². The van der Waals surface area contributed by atoms with Crippen molar-refractivity contribution in [1.82, 2.24) is 14.5 Å². The Balaban J connectivity index is 1.83. The van der Waals surface area contributed by atoms with Crippen LogP contribution in [0.25, 0.3) is 11.2 Å². The fraction of sp³-hybridized carbons (Fsp3) is 0.583. The molecule has 0 unspecified atom stereocenters. The van der Waals surface area contributed by atoms with Crippen molar-refractivity contribution in [3.05, 3.63) is 18.6 Å². The van der Waals surface area contributed by atoms with Crippen molar-refractivity contribution in [2.45, 2.75) is 63.5 Å². The van der Waals surface area contributed by atoms with Gasteiger partial charge in [-0.25, -0.2) is 42.0 Å². The van der Waals surface area contributed by atoms with Gasteiger partial charge in [0.1, 0.15) is 12.2 Å². The quantitative estimate of drug-likeness (QED) is 0.140. The molecular formula is C24H31F2N4O12P. The van der Waals surface area contributed by atoms with Gasteiger partial charge in [0, 0.05) is 6.20 Å². The molecule has 0 aromatic carbocycles. The molecule has 3 N–H and O–H groups in total. The SMILES string of the molecule is C#C[C@@]1(O)[C@H](F)[C@@](CF)(COP(=O)(OCOC(=O)OC(C)C)OCOC(=O)OC(C)C)O[C@H]1n1cnc2c(N)ccnc21. The maximum atomic E-state index is 15.9. The monoisotopic (exact) mass is 636 g/mol. The number of alkyl halides is 2. The standard InChI is InChI=1S/C24H31F2N4O12P/c1-6-24(33)19(26)23(9-25,42-20(24)30-11-29-17-16(27)7-8-28-18(17)30)10-37-43(34,38-12-35-21(31)40-14(2)3)39-13-36-22(32)41-15(4)5/h1,7-8,11,14-15,19-20,33H,9-10,12-13H2,2-5H3,(H2,27,28)/t19-,20-,23-,24-/m1/s1. The van der Waals surface area contributed by atoms with Crippen LogP contribution >= 0.6 is 7.82 Å². The number of hydrogen-bond donors (Lipinski definition) is 2. The number of hydrogen-bond acceptors (Lipinski definition) is 15. The fourth-order valence-corrected chi connectivity index (χ4v) is 4.68. The molecule has 3 heterocycles. The molecule has 0 amide bonds. The third kappa shape index (κ3) is 7.68. The smallest absolute Gasteiger partial charge is 0.432 e.